The van der Waals surface area contributed by atoms with Gasteiger partial charge in [0.25, 0.3) is 5.89 Å². The second-order valence-corrected chi connectivity index (χ2v) is 10.3. The number of benzene rings is 2. The lowest BCUT2D eigenvalue weighted by Crippen LogP contribution is -2.13. The van der Waals surface area contributed by atoms with Crippen LogP contribution in [0.4, 0.5) is 5.82 Å². The summed E-state index contributed by atoms with van der Waals surface area (Å²) in [5, 5.41) is 10.8. The zero-order valence-corrected chi connectivity index (χ0v) is 19.3. The number of rotatable bonds is 7. The maximum atomic E-state index is 12.4. The van der Waals surface area contributed by atoms with Crippen LogP contribution in [0.2, 0.25) is 0 Å². The van der Waals surface area contributed by atoms with Gasteiger partial charge in [-0.15, -0.1) is 10.2 Å². The fourth-order valence-corrected chi connectivity index (χ4v) is 4.30. The van der Waals surface area contributed by atoms with Gasteiger partial charge >= 0.3 is 0 Å². The molecule has 0 saturated carbocycles. The van der Waals surface area contributed by atoms with Crippen LogP contribution in [0.15, 0.2) is 64.0 Å². The molecule has 0 bridgehead atoms. The van der Waals surface area contributed by atoms with E-state index >= 15 is 0 Å². The molecule has 2 aromatic carbocycles. The zero-order chi connectivity index (χ0) is 23.6. The van der Waals surface area contributed by atoms with E-state index in [1.54, 1.807) is 38.1 Å². The first kappa shape index (κ1) is 22.6. The summed E-state index contributed by atoms with van der Waals surface area (Å²) in [6.07, 6.45) is 1.52. The molecule has 170 valence electrons. The van der Waals surface area contributed by atoms with Crippen molar-refractivity contribution in [1.82, 2.24) is 25.5 Å². The molecule has 0 radical (unpaired) electrons. The Hall–Kier alpha value is -3.63. The summed E-state index contributed by atoms with van der Waals surface area (Å²) in [7, 11) is -1.48. The van der Waals surface area contributed by atoms with Crippen molar-refractivity contribution in [2.24, 2.45) is 0 Å². The van der Waals surface area contributed by atoms with Crippen molar-refractivity contribution in [2.45, 2.75) is 30.5 Å². The SMILES string of the molecule is CNCc1cccc(-c2nnc(-c3nc(-c4ccc(S(=O)(=O)C(C)C)cc4)cnc3N)o2)c1. The molecule has 2 aromatic heterocycles. The number of aromatic nitrogens is 4. The molecule has 0 aliphatic carbocycles. The molecule has 33 heavy (non-hydrogen) atoms. The van der Waals surface area contributed by atoms with E-state index in [0.29, 0.717) is 23.7 Å². The Balaban J connectivity index is 1.66. The van der Waals surface area contributed by atoms with Crippen LogP contribution in [0.3, 0.4) is 0 Å². The molecule has 0 unspecified atom stereocenters. The molecule has 0 aliphatic heterocycles. The topological polar surface area (TPSA) is 137 Å². The van der Waals surface area contributed by atoms with Crippen molar-refractivity contribution in [2.75, 3.05) is 12.8 Å². The number of nitrogens with two attached hydrogens (primary N) is 1. The van der Waals surface area contributed by atoms with Crippen molar-refractivity contribution < 1.29 is 12.8 Å². The Morgan fingerprint density at radius 1 is 1.03 bits per heavy atom. The van der Waals surface area contributed by atoms with Gasteiger partial charge in [-0.1, -0.05) is 24.3 Å². The maximum absolute atomic E-state index is 12.4. The highest BCUT2D eigenvalue weighted by Crippen LogP contribution is 2.29. The molecule has 3 N–H and O–H groups in total. The Kier molecular flexibility index (Phi) is 6.21. The monoisotopic (exact) mass is 464 g/mol. The summed E-state index contributed by atoms with van der Waals surface area (Å²) < 4.78 is 30.6. The summed E-state index contributed by atoms with van der Waals surface area (Å²) in [5.74, 6) is 0.643. The molecule has 4 rings (SSSR count). The summed E-state index contributed by atoms with van der Waals surface area (Å²) in [6, 6.07) is 14.3. The standard InChI is InChI=1S/C23H24N6O3S/c1-14(2)33(30,31)18-9-7-16(8-10-18)19-13-26-21(24)20(27-19)23-29-28-22(32-23)17-6-4-5-15(11-17)12-25-3/h4-11,13-14,25H,12H2,1-3H3,(H2,24,26). The molecule has 0 atom stereocenters. The first-order valence-corrected chi connectivity index (χ1v) is 11.9. The van der Waals surface area contributed by atoms with Gasteiger partial charge in [-0.25, -0.2) is 18.4 Å². The van der Waals surface area contributed by atoms with Gasteiger partial charge in [0.2, 0.25) is 5.89 Å². The average Bonchev–Trinajstić information content (AvgIpc) is 3.30. The molecule has 10 heteroatoms. The average molecular weight is 465 g/mol. The molecular weight excluding hydrogens is 440 g/mol. The molecule has 0 spiro atoms. The molecule has 0 saturated heterocycles. The van der Waals surface area contributed by atoms with Gasteiger partial charge in [0, 0.05) is 17.7 Å². The first-order valence-electron chi connectivity index (χ1n) is 10.3. The Bertz CT molecular complexity index is 1380. The number of sulfone groups is 1. The Labute approximate surface area is 192 Å². The third-order valence-corrected chi connectivity index (χ3v) is 7.25. The van der Waals surface area contributed by atoms with E-state index in [-0.39, 0.29) is 22.3 Å². The molecule has 0 aliphatic rings. The minimum atomic E-state index is -3.36. The van der Waals surface area contributed by atoms with Crippen LogP contribution in [0.5, 0.6) is 0 Å². The fraction of sp³-hybridized carbons (Fsp3) is 0.217. The van der Waals surface area contributed by atoms with Crippen LogP contribution in [0.25, 0.3) is 34.3 Å². The summed E-state index contributed by atoms with van der Waals surface area (Å²) in [4.78, 5) is 9.02. The zero-order valence-electron chi connectivity index (χ0n) is 18.5. The van der Waals surface area contributed by atoms with Crippen molar-refractivity contribution in [3.05, 3.63) is 60.3 Å². The summed E-state index contributed by atoms with van der Waals surface area (Å²) in [5.41, 5.74) is 9.35. The van der Waals surface area contributed by atoms with Gasteiger partial charge in [0.1, 0.15) is 0 Å². The first-order chi connectivity index (χ1) is 15.8. The van der Waals surface area contributed by atoms with Gasteiger partial charge in [0.15, 0.2) is 21.3 Å². The third kappa shape index (κ3) is 4.62. The van der Waals surface area contributed by atoms with E-state index in [4.69, 9.17) is 10.2 Å². The number of nitrogens with zero attached hydrogens (tertiary/aromatic N) is 4. The minimum absolute atomic E-state index is 0.148. The highest BCUT2D eigenvalue weighted by atomic mass is 32.2. The van der Waals surface area contributed by atoms with E-state index in [1.165, 1.54) is 6.20 Å². The van der Waals surface area contributed by atoms with Crippen LogP contribution < -0.4 is 11.1 Å². The fourth-order valence-electron chi connectivity index (χ4n) is 3.24. The highest BCUT2D eigenvalue weighted by Gasteiger charge is 2.20. The largest absolute Gasteiger partial charge is 0.414 e. The quantitative estimate of drug-likeness (QED) is 0.422. The summed E-state index contributed by atoms with van der Waals surface area (Å²) >= 11 is 0. The van der Waals surface area contributed by atoms with Crippen molar-refractivity contribution >= 4 is 15.7 Å². The molecule has 0 fully saturated rings. The smallest absolute Gasteiger partial charge is 0.270 e. The lowest BCUT2D eigenvalue weighted by Gasteiger charge is -2.09. The van der Waals surface area contributed by atoms with Gasteiger partial charge in [-0.3, -0.25) is 0 Å². The van der Waals surface area contributed by atoms with E-state index in [0.717, 1.165) is 11.1 Å². The lowest BCUT2D eigenvalue weighted by atomic mass is 10.1. The van der Waals surface area contributed by atoms with Gasteiger partial charge < -0.3 is 15.5 Å². The van der Waals surface area contributed by atoms with Gasteiger partial charge in [-0.2, -0.15) is 0 Å². The predicted molar refractivity (Wildman–Crippen MR) is 126 cm³/mol. The Morgan fingerprint density at radius 3 is 2.45 bits per heavy atom. The molecular formula is C23H24N6O3S. The number of nitrogens with one attached hydrogen (secondary N) is 1. The van der Waals surface area contributed by atoms with Crippen LogP contribution in [-0.2, 0) is 16.4 Å². The van der Waals surface area contributed by atoms with Crippen LogP contribution in [0.1, 0.15) is 19.4 Å². The number of anilines is 1. The number of hydrogen-bond donors (Lipinski definition) is 2. The molecule has 9 nitrogen and oxygen atoms in total. The summed E-state index contributed by atoms with van der Waals surface area (Å²) in [6.45, 7) is 4.01. The number of hydrogen-bond acceptors (Lipinski definition) is 9. The van der Waals surface area contributed by atoms with Gasteiger partial charge in [-0.05, 0) is 50.7 Å². The lowest BCUT2D eigenvalue weighted by molar-refractivity contribution is 0.582. The van der Waals surface area contributed by atoms with Gasteiger partial charge in [0.05, 0.1) is 22.0 Å². The van der Waals surface area contributed by atoms with E-state index in [9.17, 15) is 8.42 Å². The van der Waals surface area contributed by atoms with E-state index in [2.05, 4.69) is 25.5 Å². The number of nitrogen functional groups attached to an aromatic ring is 1. The maximum Gasteiger partial charge on any atom is 0.270 e. The van der Waals surface area contributed by atoms with Crippen molar-refractivity contribution in [3.8, 4) is 34.3 Å². The second-order valence-electron chi connectivity index (χ2n) is 7.75. The second kappa shape index (κ2) is 9.08. The normalized spacial score (nSPS) is 11.8. The van der Waals surface area contributed by atoms with Crippen molar-refractivity contribution in [1.29, 1.82) is 0 Å². The van der Waals surface area contributed by atoms with Crippen LogP contribution in [0, 0.1) is 0 Å². The third-order valence-electron chi connectivity index (χ3n) is 5.08. The van der Waals surface area contributed by atoms with E-state index < -0.39 is 15.1 Å². The Morgan fingerprint density at radius 2 is 1.76 bits per heavy atom. The minimum Gasteiger partial charge on any atom is -0.414 e. The van der Waals surface area contributed by atoms with Crippen LogP contribution in [-0.4, -0.2) is 40.9 Å². The predicted octanol–water partition coefficient (Wildman–Crippen LogP) is 3.34. The highest BCUT2D eigenvalue weighted by molar-refractivity contribution is 7.92. The van der Waals surface area contributed by atoms with Crippen molar-refractivity contribution in [3.63, 3.8) is 0 Å². The molecule has 0 amide bonds. The molecule has 2 heterocycles. The van der Waals surface area contributed by atoms with E-state index in [1.807, 2.05) is 31.3 Å². The van der Waals surface area contributed by atoms with Crippen LogP contribution >= 0.6 is 0 Å². The molecule has 4 aromatic rings.